The number of hydrogen-bond donors (Lipinski definition) is 2. The summed E-state index contributed by atoms with van der Waals surface area (Å²) in [5.41, 5.74) is 8.28. The number of carbonyl (C=O) groups excluding carboxylic acids is 1. The molecule has 0 spiro atoms. The Morgan fingerprint density at radius 3 is 2.90 bits per heavy atom. The van der Waals surface area contributed by atoms with Crippen LogP contribution in [0.25, 0.3) is 0 Å². The Bertz CT molecular complexity index is 486. The number of nitrogens with two attached hydrogens (primary N) is 1. The van der Waals surface area contributed by atoms with Crippen LogP contribution >= 0.6 is 0 Å². The maximum Gasteiger partial charge on any atom is 0.220 e. The lowest BCUT2D eigenvalue weighted by Gasteiger charge is -2.42. The Balaban J connectivity index is 1.91. The molecule has 2 atom stereocenters. The topological polar surface area (TPSA) is 55.1 Å². The predicted molar refractivity (Wildman–Crippen MR) is 87.1 cm³/mol. The van der Waals surface area contributed by atoms with E-state index >= 15 is 0 Å². The van der Waals surface area contributed by atoms with Crippen LogP contribution in [0.2, 0.25) is 0 Å². The Morgan fingerprint density at radius 2 is 2.24 bits per heavy atom. The molecule has 1 aromatic rings. The molecule has 0 radical (unpaired) electrons. The summed E-state index contributed by atoms with van der Waals surface area (Å²) in [5, 5.41) is 3.25. The summed E-state index contributed by atoms with van der Waals surface area (Å²) in [6.45, 7) is 4.84. The molecule has 1 aliphatic rings. The van der Waals surface area contributed by atoms with Gasteiger partial charge in [0.05, 0.1) is 5.54 Å². The van der Waals surface area contributed by atoms with Gasteiger partial charge < -0.3 is 11.1 Å². The molecule has 3 N–H and O–H groups in total. The molecule has 0 bridgehead atoms. The molecule has 1 amide bonds. The van der Waals surface area contributed by atoms with Gasteiger partial charge in [-0.1, -0.05) is 49.6 Å². The molecule has 2 rings (SSSR count). The first kappa shape index (κ1) is 16.0. The molecule has 1 aromatic carbocycles. The van der Waals surface area contributed by atoms with Gasteiger partial charge in [0.25, 0.3) is 0 Å². The molecule has 1 fully saturated rings. The summed E-state index contributed by atoms with van der Waals surface area (Å²) >= 11 is 0. The van der Waals surface area contributed by atoms with Crippen LogP contribution in [-0.2, 0) is 11.2 Å². The van der Waals surface area contributed by atoms with Crippen LogP contribution in [0.5, 0.6) is 0 Å². The second-order valence-corrected chi connectivity index (χ2v) is 6.54. The maximum atomic E-state index is 12.3. The lowest BCUT2D eigenvalue weighted by Crippen LogP contribution is -2.59. The highest BCUT2D eigenvalue weighted by Gasteiger charge is 2.37. The summed E-state index contributed by atoms with van der Waals surface area (Å²) < 4.78 is 0. The van der Waals surface area contributed by atoms with E-state index in [0.29, 0.717) is 18.9 Å². The average Bonchev–Trinajstić information content (AvgIpc) is 2.48. The molecule has 0 saturated heterocycles. The summed E-state index contributed by atoms with van der Waals surface area (Å²) in [4.78, 5) is 12.3. The van der Waals surface area contributed by atoms with E-state index in [0.717, 1.165) is 19.3 Å². The van der Waals surface area contributed by atoms with Gasteiger partial charge in [0.1, 0.15) is 0 Å². The van der Waals surface area contributed by atoms with Crippen molar-refractivity contribution in [3.8, 4) is 0 Å². The minimum absolute atomic E-state index is 0.135. The molecule has 1 saturated carbocycles. The molecule has 0 aliphatic heterocycles. The monoisotopic (exact) mass is 288 g/mol. The molecule has 1 aliphatic carbocycles. The fourth-order valence-corrected chi connectivity index (χ4v) is 3.42. The number of rotatable bonds is 5. The molecule has 116 valence electrons. The van der Waals surface area contributed by atoms with E-state index in [4.69, 9.17) is 5.73 Å². The molecular weight excluding hydrogens is 260 g/mol. The third kappa shape index (κ3) is 4.07. The number of benzene rings is 1. The number of carbonyl (C=O) groups is 1. The highest BCUT2D eigenvalue weighted by atomic mass is 16.1. The van der Waals surface area contributed by atoms with E-state index in [-0.39, 0.29) is 11.4 Å². The van der Waals surface area contributed by atoms with E-state index < -0.39 is 0 Å². The Hall–Kier alpha value is -1.35. The van der Waals surface area contributed by atoms with Crippen molar-refractivity contribution in [3.05, 3.63) is 35.4 Å². The summed E-state index contributed by atoms with van der Waals surface area (Å²) in [6.07, 6.45) is 5.93. The highest BCUT2D eigenvalue weighted by molar-refractivity contribution is 5.77. The number of nitrogens with one attached hydrogen (secondary N) is 1. The van der Waals surface area contributed by atoms with Gasteiger partial charge in [-0.3, -0.25) is 4.79 Å². The van der Waals surface area contributed by atoms with Gasteiger partial charge >= 0.3 is 0 Å². The van der Waals surface area contributed by atoms with Gasteiger partial charge in [-0.15, -0.1) is 0 Å². The van der Waals surface area contributed by atoms with Crippen LogP contribution in [0.15, 0.2) is 24.3 Å². The molecule has 3 heteroatoms. The van der Waals surface area contributed by atoms with Gasteiger partial charge in [-0.2, -0.15) is 0 Å². The molecule has 0 aromatic heterocycles. The number of amides is 1. The minimum atomic E-state index is -0.179. The third-order valence-corrected chi connectivity index (χ3v) is 4.93. The van der Waals surface area contributed by atoms with Crippen molar-refractivity contribution in [2.24, 2.45) is 11.7 Å². The first-order chi connectivity index (χ1) is 10.1. The highest BCUT2D eigenvalue weighted by Crippen LogP contribution is 2.32. The van der Waals surface area contributed by atoms with Gasteiger partial charge in [0, 0.05) is 13.0 Å². The lowest BCUT2D eigenvalue weighted by molar-refractivity contribution is -0.124. The van der Waals surface area contributed by atoms with Crippen LogP contribution in [0.4, 0.5) is 0 Å². The predicted octanol–water partition coefficient (Wildman–Crippen LogP) is 2.95. The zero-order valence-corrected chi connectivity index (χ0v) is 13.3. The third-order valence-electron chi connectivity index (χ3n) is 4.93. The van der Waals surface area contributed by atoms with Crippen molar-refractivity contribution in [2.75, 3.05) is 6.54 Å². The Kier molecular flexibility index (Phi) is 5.40. The van der Waals surface area contributed by atoms with Crippen molar-refractivity contribution in [1.82, 2.24) is 5.32 Å². The number of hydrogen-bond acceptors (Lipinski definition) is 2. The van der Waals surface area contributed by atoms with Crippen LogP contribution in [-0.4, -0.2) is 18.0 Å². The molecule has 21 heavy (non-hydrogen) atoms. The van der Waals surface area contributed by atoms with Crippen LogP contribution in [0, 0.1) is 12.8 Å². The first-order valence-corrected chi connectivity index (χ1v) is 8.12. The molecular formula is C18H28N2O. The molecule has 0 heterocycles. The second kappa shape index (κ2) is 7.08. The van der Waals surface area contributed by atoms with Crippen molar-refractivity contribution >= 4 is 5.91 Å². The van der Waals surface area contributed by atoms with E-state index in [1.807, 2.05) is 6.07 Å². The smallest absolute Gasteiger partial charge is 0.220 e. The largest absolute Gasteiger partial charge is 0.349 e. The molecule has 2 unspecified atom stereocenters. The summed E-state index contributed by atoms with van der Waals surface area (Å²) in [7, 11) is 0. The minimum Gasteiger partial charge on any atom is -0.349 e. The Morgan fingerprint density at radius 1 is 1.43 bits per heavy atom. The fraction of sp³-hybridized carbons (Fsp3) is 0.611. The number of aryl methyl sites for hydroxylation is 2. The second-order valence-electron chi connectivity index (χ2n) is 6.54. The maximum absolute atomic E-state index is 12.3. The fourth-order valence-electron chi connectivity index (χ4n) is 3.42. The van der Waals surface area contributed by atoms with Gasteiger partial charge in [-0.25, -0.2) is 0 Å². The first-order valence-electron chi connectivity index (χ1n) is 8.12. The normalized spacial score (nSPS) is 25.6. The average molecular weight is 288 g/mol. The van der Waals surface area contributed by atoms with Crippen LogP contribution in [0.1, 0.15) is 50.2 Å². The van der Waals surface area contributed by atoms with E-state index in [9.17, 15) is 4.79 Å². The van der Waals surface area contributed by atoms with Crippen molar-refractivity contribution in [3.63, 3.8) is 0 Å². The zero-order valence-electron chi connectivity index (χ0n) is 13.3. The van der Waals surface area contributed by atoms with Gasteiger partial charge in [0.2, 0.25) is 5.91 Å². The SMILES string of the molecule is Cc1cccc(CCC(=O)NC2(CN)CCCCC2C)c1. The lowest BCUT2D eigenvalue weighted by atomic mass is 9.73. The zero-order chi connectivity index (χ0) is 15.3. The van der Waals surface area contributed by atoms with Crippen molar-refractivity contribution < 1.29 is 4.79 Å². The standard InChI is InChI=1S/C18H28N2O/c1-14-6-5-8-16(12-14)9-10-17(21)20-18(13-19)11-4-3-7-15(18)2/h5-6,8,12,15H,3-4,7,9-11,13,19H2,1-2H3,(H,20,21). The van der Waals surface area contributed by atoms with E-state index in [1.165, 1.54) is 24.0 Å². The van der Waals surface area contributed by atoms with Crippen LogP contribution < -0.4 is 11.1 Å². The van der Waals surface area contributed by atoms with Gasteiger partial charge in [-0.05, 0) is 37.7 Å². The van der Waals surface area contributed by atoms with E-state index in [2.05, 4.69) is 37.4 Å². The van der Waals surface area contributed by atoms with Crippen LogP contribution in [0.3, 0.4) is 0 Å². The summed E-state index contributed by atoms with van der Waals surface area (Å²) in [5.74, 6) is 0.606. The van der Waals surface area contributed by atoms with E-state index in [1.54, 1.807) is 0 Å². The quantitative estimate of drug-likeness (QED) is 0.875. The Labute approximate surface area is 128 Å². The summed E-state index contributed by atoms with van der Waals surface area (Å²) in [6, 6.07) is 8.36. The molecule has 3 nitrogen and oxygen atoms in total. The van der Waals surface area contributed by atoms with Gasteiger partial charge in [0.15, 0.2) is 0 Å². The van der Waals surface area contributed by atoms with Crippen molar-refractivity contribution in [1.29, 1.82) is 0 Å². The van der Waals surface area contributed by atoms with Crippen molar-refractivity contribution in [2.45, 2.75) is 57.9 Å².